The summed E-state index contributed by atoms with van der Waals surface area (Å²) in [6.45, 7) is 3.46. The Morgan fingerprint density at radius 1 is 1.11 bits per heavy atom. The second kappa shape index (κ2) is 8.75. The highest BCUT2D eigenvalue weighted by Crippen LogP contribution is 2.30. The smallest absolute Gasteiger partial charge is 0.321 e. The van der Waals surface area contributed by atoms with Gasteiger partial charge in [0.15, 0.2) is 0 Å². The Hall–Kier alpha value is -2.38. The number of carboxylic acid groups (broad SMARTS) is 1. The van der Waals surface area contributed by atoms with Crippen molar-refractivity contribution in [2.24, 2.45) is 0 Å². The highest BCUT2D eigenvalue weighted by Gasteiger charge is 2.25. The molecule has 0 bridgehead atoms. The Labute approximate surface area is 166 Å². The standard InChI is InChI=1S/C21H26N2O4S/c1-2-20(21(24)25)22-28(26,27)19-10-8-18(9-11-19)23-14-12-17(13-15-23)16-6-4-3-5-7-16/h3-11,17,20,22H,2,12-15H2,1H3,(H,24,25)/t20-/m0/s1. The second-order valence-electron chi connectivity index (χ2n) is 7.09. The lowest BCUT2D eigenvalue weighted by Gasteiger charge is -2.34. The molecular formula is C21H26N2O4S. The molecule has 3 rings (SSSR count). The van der Waals surface area contributed by atoms with E-state index in [1.165, 1.54) is 17.7 Å². The molecule has 1 heterocycles. The van der Waals surface area contributed by atoms with E-state index in [9.17, 15) is 13.2 Å². The van der Waals surface area contributed by atoms with E-state index in [0.29, 0.717) is 5.92 Å². The molecule has 1 atom stereocenters. The van der Waals surface area contributed by atoms with E-state index in [1.54, 1.807) is 19.1 Å². The molecule has 0 aliphatic carbocycles. The maximum Gasteiger partial charge on any atom is 0.321 e. The van der Waals surface area contributed by atoms with Gasteiger partial charge in [-0.25, -0.2) is 8.42 Å². The van der Waals surface area contributed by atoms with Crippen molar-refractivity contribution >= 4 is 21.7 Å². The Balaban J connectivity index is 1.64. The number of aliphatic carboxylic acids is 1. The molecule has 6 nitrogen and oxygen atoms in total. The van der Waals surface area contributed by atoms with Crippen LogP contribution in [0.5, 0.6) is 0 Å². The van der Waals surface area contributed by atoms with Crippen molar-refractivity contribution in [3.63, 3.8) is 0 Å². The number of piperidine rings is 1. The number of nitrogens with one attached hydrogen (secondary N) is 1. The first-order valence-corrected chi connectivity index (χ1v) is 11.0. The van der Waals surface area contributed by atoms with Crippen molar-refractivity contribution in [1.82, 2.24) is 4.72 Å². The normalized spacial score (nSPS) is 16.7. The quantitative estimate of drug-likeness (QED) is 0.743. The number of benzene rings is 2. The van der Waals surface area contributed by atoms with Crippen LogP contribution in [0.4, 0.5) is 5.69 Å². The van der Waals surface area contributed by atoms with E-state index < -0.39 is 22.0 Å². The Kier molecular flexibility index (Phi) is 6.36. The molecule has 1 aliphatic heterocycles. The van der Waals surface area contributed by atoms with Gasteiger partial charge in [0, 0.05) is 18.8 Å². The third kappa shape index (κ3) is 4.72. The van der Waals surface area contributed by atoms with E-state index in [4.69, 9.17) is 5.11 Å². The molecular weight excluding hydrogens is 376 g/mol. The van der Waals surface area contributed by atoms with Crippen molar-refractivity contribution in [2.75, 3.05) is 18.0 Å². The van der Waals surface area contributed by atoms with E-state index >= 15 is 0 Å². The zero-order chi connectivity index (χ0) is 20.1. The minimum atomic E-state index is -3.86. The van der Waals surface area contributed by atoms with Crippen molar-refractivity contribution in [3.8, 4) is 0 Å². The Bertz CT molecular complexity index is 890. The molecule has 7 heteroatoms. The summed E-state index contributed by atoms with van der Waals surface area (Å²) in [5.41, 5.74) is 2.36. The summed E-state index contributed by atoms with van der Waals surface area (Å²) in [5, 5.41) is 9.07. The topological polar surface area (TPSA) is 86.7 Å². The molecule has 2 aromatic rings. The van der Waals surface area contributed by atoms with Crippen LogP contribution < -0.4 is 9.62 Å². The summed E-state index contributed by atoms with van der Waals surface area (Å²) in [5.74, 6) is -0.618. The molecule has 28 heavy (non-hydrogen) atoms. The molecule has 0 spiro atoms. The predicted octanol–water partition coefficient (Wildman–Crippen LogP) is 3.21. The van der Waals surface area contributed by atoms with Crippen molar-refractivity contribution < 1.29 is 18.3 Å². The van der Waals surface area contributed by atoms with Crippen LogP contribution in [0.25, 0.3) is 0 Å². The first-order valence-electron chi connectivity index (χ1n) is 9.56. The van der Waals surface area contributed by atoms with Gasteiger partial charge >= 0.3 is 5.97 Å². The highest BCUT2D eigenvalue weighted by molar-refractivity contribution is 7.89. The molecule has 150 valence electrons. The lowest BCUT2D eigenvalue weighted by atomic mass is 9.89. The number of nitrogens with zero attached hydrogens (tertiary/aromatic N) is 1. The van der Waals surface area contributed by atoms with Gasteiger partial charge in [-0.05, 0) is 55.0 Å². The fourth-order valence-corrected chi connectivity index (χ4v) is 4.87. The minimum Gasteiger partial charge on any atom is -0.480 e. The number of hydrogen-bond donors (Lipinski definition) is 2. The number of carbonyl (C=O) groups is 1. The molecule has 2 aromatic carbocycles. The molecule has 0 unspecified atom stereocenters. The van der Waals surface area contributed by atoms with Crippen LogP contribution in [0.3, 0.4) is 0 Å². The largest absolute Gasteiger partial charge is 0.480 e. The van der Waals surface area contributed by atoms with Gasteiger partial charge in [-0.2, -0.15) is 4.72 Å². The Morgan fingerprint density at radius 3 is 2.25 bits per heavy atom. The SMILES string of the molecule is CC[C@H](NS(=O)(=O)c1ccc(N2CCC(c3ccccc3)CC2)cc1)C(=O)O. The lowest BCUT2D eigenvalue weighted by molar-refractivity contribution is -0.139. The minimum absolute atomic E-state index is 0.0788. The number of carboxylic acids is 1. The third-order valence-electron chi connectivity index (χ3n) is 5.28. The zero-order valence-electron chi connectivity index (χ0n) is 15.9. The first-order chi connectivity index (χ1) is 13.4. The highest BCUT2D eigenvalue weighted by atomic mass is 32.2. The number of hydrogen-bond acceptors (Lipinski definition) is 4. The van der Waals surface area contributed by atoms with Crippen LogP contribution in [0, 0.1) is 0 Å². The van der Waals surface area contributed by atoms with Crippen LogP contribution in [0.2, 0.25) is 0 Å². The van der Waals surface area contributed by atoms with Gasteiger partial charge in [-0.15, -0.1) is 0 Å². The number of anilines is 1. The van der Waals surface area contributed by atoms with Gasteiger partial charge < -0.3 is 10.0 Å². The molecule has 1 fully saturated rings. The van der Waals surface area contributed by atoms with Crippen molar-refractivity contribution in [3.05, 3.63) is 60.2 Å². The van der Waals surface area contributed by atoms with E-state index in [0.717, 1.165) is 31.6 Å². The maximum absolute atomic E-state index is 12.4. The summed E-state index contributed by atoms with van der Waals surface area (Å²) >= 11 is 0. The van der Waals surface area contributed by atoms with Crippen LogP contribution in [-0.4, -0.2) is 38.6 Å². The van der Waals surface area contributed by atoms with E-state index in [2.05, 4.69) is 33.9 Å². The van der Waals surface area contributed by atoms with Gasteiger partial charge in [0.25, 0.3) is 0 Å². The molecule has 0 aromatic heterocycles. The third-order valence-corrected chi connectivity index (χ3v) is 6.77. The van der Waals surface area contributed by atoms with Gasteiger partial charge in [-0.1, -0.05) is 37.3 Å². The summed E-state index contributed by atoms with van der Waals surface area (Å²) in [6, 6.07) is 16.1. The maximum atomic E-state index is 12.4. The monoisotopic (exact) mass is 402 g/mol. The number of rotatable bonds is 7. The fraction of sp³-hybridized carbons (Fsp3) is 0.381. The summed E-state index contributed by atoms with van der Waals surface area (Å²) < 4.78 is 27.1. The van der Waals surface area contributed by atoms with Crippen molar-refractivity contribution in [2.45, 2.75) is 43.0 Å². The van der Waals surface area contributed by atoms with E-state index in [-0.39, 0.29) is 11.3 Å². The predicted molar refractivity (Wildman–Crippen MR) is 109 cm³/mol. The van der Waals surface area contributed by atoms with Crippen molar-refractivity contribution in [1.29, 1.82) is 0 Å². The fourth-order valence-electron chi connectivity index (χ4n) is 3.60. The molecule has 2 N–H and O–H groups in total. The molecule has 1 saturated heterocycles. The zero-order valence-corrected chi connectivity index (χ0v) is 16.7. The van der Waals surface area contributed by atoms with E-state index in [1.807, 2.05) is 6.07 Å². The molecule has 0 radical (unpaired) electrons. The molecule has 0 amide bonds. The van der Waals surface area contributed by atoms with Crippen LogP contribution >= 0.6 is 0 Å². The van der Waals surface area contributed by atoms with Crippen LogP contribution in [-0.2, 0) is 14.8 Å². The Morgan fingerprint density at radius 2 is 1.71 bits per heavy atom. The van der Waals surface area contributed by atoms with Crippen LogP contribution in [0.1, 0.15) is 37.7 Å². The average molecular weight is 403 g/mol. The summed E-state index contributed by atoms with van der Waals surface area (Å²) in [6.07, 6.45) is 2.30. The summed E-state index contributed by atoms with van der Waals surface area (Å²) in [4.78, 5) is 13.4. The average Bonchev–Trinajstić information content (AvgIpc) is 2.73. The molecule has 1 aliphatic rings. The van der Waals surface area contributed by atoms with Gasteiger partial charge in [0.1, 0.15) is 6.04 Å². The summed E-state index contributed by atoms with van der Waals surface area (Å²) in [7, 11) is -3.86. The van der Waals surface area contributed by atoms with Crippen LogP contribution in [0.15, 0.2) is 59.5 Å². The van der Waals surface area contributed by atoms with Gasteiger partial charge in [0.05, 0.1) is 4.90 Å². The lowest BCUT2D eigenvalue weighted by Crippen LogP contribution is -2.40. The van der Waals surface area contributed by atoms with Gasteiger partial charge in [-0.3, -0.25) is 4.79 Å². The first kappa shape index (κ1) is 20.4. The molecule has 0 saturated carbocycles. The van der Waals surface area contributed by atoms with Gasteiger partial charge in [0.2, 0.25) is 10.0 Å². The second-order valence-corrected chi connectivity index (χ2v) is 8.80. The number of sulfonamides is 1.